The highest BCUT2D eigenvalue weighted by Gasteiger charge is 2.40. The zero-order valence-corrected chi connectivity index (χ0v) is 20.1. The van der Waals surface area contributed by atoms with E-state index in [0.29, 0.717) is 45.7 Å². The van der Waals surface area contributed by atoms with E-state index < -0.39 is 0 Å². The van der Waals surface area contributed by atoms with Crippen molar-refractivity contribution in [3.05, 3.63) is 47.6 Å². The number of aromatic nitrogens is 1. The van der Waals surface area contributed by atoms with Gasteiger partial charge in [-0.15, -0.1) is 0 Å². The number of piperidine rings is 1. The van der Waals surface area contributed by atoms with Gasteiger partial charge in [-0.25, -0.2) is 0 Å². The van der Waals surface area contributed by atoms with Crippen LogP contribution >= 0.6 is 11.6 Å². The van der Waals surface area contributed by atoms with Crippen molar-refractivity contribution in [2.45, 2.75) is 19.3 Å². The number of nitrogens with two attached hydrogens (primary N) is 1. The summed E-state index contributed by atoms with van der Waals surface area (Å²) in [4.78, 5) is 7.03. The second-order valence-electron chi connectivity index (χ2n) is 9.15. The van der Waals surface area contributed by atoms with Crippen LogP contribution in [0.5, 0.6) is 23.0 Å². The molecule has 5 rings (SSSR count). The standard InChI is InChI=1S/C26H30ClN3O4/c1-31-24-14-19-22(29-8-5-23(19)34-18-3-4-21(28)20(27)13-18)15-25(24)33-12-2-9-30-10-6-26(7-11-30)16-32-17-26/h3-5,8,13-15H,2,6-7,9-12,16-17,28H2,1H3. The van der Waals surface area contributed by atoms with Gasteiger partial charge in [0, 0.05) is 35.7 Å². The number of ether oxygens (including phenoxy) is 4. The lowest BCUT2D eigenvalue weighted by Crippen LogP contribution is -2.51. The summed E-state index contributed by atoms with van der Waals surface area (Å²) in [6.45, 7) is 5.84. The van der Waals surface area contributed by atoms with Crippen LogP contribution in [-0.4, -0.2) is 56.4 Å². The number of likely N-dealkylation sites (tertiary alicyclic amines) is 1. The summed E-state index contributed by atoms with van der Waals surface area (Å²) in [5.74, 6) is 2.57. The lowest BCUT2D eigenvalue weighted by molar-refractivity contribution is -0.139. The molecule has 180 valence electrons. The molecule has 0 saturated carbocycles. The topological polar surface area (TPSA) is 79.1 Å². The lowest BCUT2D eigenvalue weighted by atomic mass is 9.77. The van der Waals surface area contributed by atoms with E-state index in [9.17, 15) is 0 Å². The molecule has 3 heterocycles. The van der Waals surface area contributed by atoms with Gasteiger partial charge in [0.05, 0.1) is 43.2 Å². The number of fused-ring (bicyclic) bond motifs is 1. The molecule has 3 aromatic rings. The van der Waals surface area contributed by atoms with Gasteiger partial charge in [0.15, 0.2) is 11.5 Å². The van der Waals surface area contributed by atoms with Crippen molar-refractivity contribution in [3.8, 4) is 23.0 Å². The lowest BCUT2D eigenvalue weighted by Gasteiger charge is -2.47. The largest absolute Gasteiger partial charge is 0.493 e. The predicted molar refractivity (Wildman–Crippen MR) is 133 cm³/mol. The van der Waals surface area contributed by atoms with E-state index in [0.717, 1.165) is 50.2 Å². The molecule has 2 aliphatic rings. The van der Waals surface area contributed by atoms with Crippen molar-refractivity contribution in [3.63, 3.8) is 0 Å². The fourth-order valence-corrected chi connectivity index (χ4v) is 4.76. The Morgan fingerprint density at radius 1 is 1.09 bits per heavy atom. The molecular formula is C26H30ClN3O4. The number of nitrogens with zero attached hydrogens (tertiary/aromatic N) is 2. The van der Waals surface area contributed by atoms with E-state index in [1.807, 2.05) is 18.2 Å². The number of hydrogen-bond acceptors (Lipinski definition) is 7. The highest BCUT2D eigenvalue weighted by molar-refractivity contribution is 6.33. The number of rotatable bonds is 8. The van der Waals surface area contributed by atoms with Crippen LogP contribution in [0.25, 0.3) is 10.9 Å². The fraction of sp³-hybridized carbons (Fsp3) is 0.423. The molecule has 2 aliphatic heterocycles. The predicted octanol–water partition coefficient (Wildman–Crippen LogP) is 5.15. The Morgan fingerprint density at radius 3 is 2.62 bits per heavy atom. The zero-order valence-electron chi connectivity index (χ0n) is 19.4. The normalized spacial score (nSPS) is 17.5. The summed E-state index contributed by atoms with van der Waals surface area (Å²) in [5.41, 5.74) is 7.55. The van der Waals surface area contributed by atoms with Gasteiger partial charge < -0.3 is 29.6 Å². The summed E-state index contributed by atoms with van der Waals surface area (Å²) in [6.07, 6.45) is 5.15. The number of nitrogen functional groups attached to an aromatic ring is 1. The second kappa shape index (κ2) is 9.86. The van der Waals surface area contributed by atoms with E-state index in [4.69, 9.17) is 36.3 Å². The summed E-state index contributed by atoms with van der Waals surface area (Å²) in [6, 6.07) is 10.8. The minimum absolute atomic E-state index is 0.449. The van der Waals surface area contributed by atoms with E-state index in [1.165, 1.54) is 12.8 Å². The van der Waals surface area contributed by atoms with Crippen LogP contribution in [0.3, 0.4) is 0 Å². The highest BCUT2D eigenvalue weighted by atomic mass is 35.5. The van der Waals surface area contributed by atoms with Crippen molar-refractivity contribution in [1.29, 1.82) is 0 Å². The maximum Gasteiger partial charge on any atom is 0.163 e. The van der Waals surface area contributed by atoms with Gasteiger partial charge in [0.1, 0.15) is 11.5 Å². The summed E-state index contributed by atoms with van der Waals surface area (Å²) in [7, 11) is 1.64. The van der Waals surface area contributed by atoms with Crippen molar-refractivity contribution in [2.24, 2.45) is 5.41 Å². The Morgan fingerprint density at radius 2 is 1.91 bits per heavy atom. The molecule has 0 atom stereocenters. The molecule has 0 radical (unpaired) electrons. The number of hydrogen-bond donors (Lipinski definition) is 1. The molecule has 0 aliphatic carbocycles. The summed E-state index contributed by atoms with van der Waals surface area (Å²) >= 11 is 6.14. The van der Waals surface area contributed by atoms with Gasteiger partial charge in [-0.05, 0) is 56.6 Å². The number of anilines is 1. The summed E-state index contributed by atoms with van der Waals surface area (Å²) < 4.78 is 23.2. The number of benzene rings is 2. The van der Waals surface area contributed by atoms with Crippen LogP contribution < -0.4 is 19.9 Å². The SMILES string of the molecule is COc1cc2c(Oc3ccc(N)c(Cl)c3)ccnc2cc1OCCCN1CCC2(CC1)COC2. The third-order valence-electron chi connectivity index (χ3n) is 6.80. The molecular weight excluding hydrogens is 454 g/mol. The third-order valence-corrected chi connectivity index (χ3v) is 7.12. The average Bonchev–Trinajstić information content (AvgIpc) is 2.83. The van der Waals surface area contributed by atoms with Gasteiger partial charge in [-0.1, -0.05) is 11.6 Å². The molecule has 7 nitrogen and oxygen atoms in total. The molecule has 0 unspecified atom stereocenters. The van der Waals surface area contributed by atoms with Crippen molar-refractivity contribution < 1.29 is 18.9 Å². The molecule has 2 aromatic carbocycles. The Hall–Kier alpha value is -2.74. The maximum atomic E-state index is 6.14. The Labute approximate surface area is 204 Å². The quantitative estimate of drug-likeness (QED) is 0.350. The van der Waals surface area contributed by atoms with Crippen LogP contribution in [-0.2, 0) is 4.74 Å². The minimum atomic E-state index is 0.449. The molecule has 2 fully saturated rings. The molecule has 1 aromatic heterocycles. The van der Waals surface area contributed by atoms with E-state index >= 15 is 0 Å². The zero-order chi connectivity index (χ0) is 23.5. The molecule has 8 heteroatoms. The van der Waals surface area contributed by atoms with Crippen molar-refractivity contribution >= 4 is 28.2 Å². The molecule has 34 heavy (non-hydrogen) atoms. The van der Waals surface area contributed by atoms with Crippen LogP contribution in [0.2, 0.25) is 5.02 Å². The molecule has 1 spiro atoms. The molecule has 0 bridgehead atoms. The van der Waals surface area contributed by atoms with Crippen molar-refractivity contribution in [2.75, 3.05) is 52.3 Å². The second-order valence-corrected chi connectivity index (χ2v) is 9.56. The number of pyridine rings is 1. The Balaban J connectivity index is 1.23. The number of halogens is 1. The van der Waals surface area contributed by atoms with Crippen LogP contribution in [0, 0.1) is 5.41 Å². The summed E-state index contributed by atoms with van der Waals surface area (Å²) in [5, 5.41) is 1.27. The minimum Gasteiger partial charge on any atom is -0.493 e. The maximum absolute atomic E-state index is 6.14. The van der Waals surface area contributed by atoms with Crippen LogP contribution in [0.15, 0.2) is 42.6 Å². The first-order chi connectivity index (χ1) is 16.5. The van der Waals surface area contributed by atoms with Gasteiger partial charge in [-0.3, -0.25) is 4.98 Å². The van der Waals surface area contributed by atoms with E-state index in [-0.39, 0.29) is 0 Å². The Bertz CT molecular complexity index is 1160. The van der Waals surface area contributed by atoms with Crippen molar-refractivity contribution in [1.82, 2.24) is 9.88 Å². The molecule has 2 N–H and O–H groups in total. The third kappa shape index (κ3) is 4.87. The monoisotopic (exact) mass is 483 g/mol. The van der Waals surface area contributed by atoms with E-state index in [1.54, 1.807) is 31.5 Å². The van der Waals surface area contributed by atoms with E-state index in [2.05, 4.69) is 9.88 Å². The van der Waals surface area contributed by atoms with Gasteiger partial charge >= 0.3 is 0 Å². The van der Waals surface area contributed by atoms with Gasteiger partial charge in [0.2, 0.25) is 0 Å². The van der Waals surface area contributed by atoms with Crippen LogP contribution in [0.4, 0.5) is 5.69 Å². The van der Waals surface area contributed by atoms with Crippen LogP contribution in [0.1, 0.15) is 19.3 Å². The molecule has 2 saturated heterocycles. The van der Waals surface area contributed by atoms with Gasteiger partial charge in [-0.2, -0.15) is 0 Å². The number of methoxy groups -OCH3 is 1. The molecule has 0 amide bonds. The first-order valence-electron chi connectivity index (χ1n) is 11.7. The average molecular weight is 484 g/mol. The Kier molecular flexibility index (Phi) is 6.68. The fourth-order valence-electron chi connectivity index (χ4n) is 4.59. The highest BCUT2D eigenvalue weighted by Crippen LogP contribution is 2.39. The first kappa shape index (κ1) is 23.0. The van der Waals surface area contributed by atoms with Gasteiger partial charge in [0.25, 0.3) is 0 Å². The smallest absolute Gasteiger partial charge is 0.163 e. The first-order valence-corrected chi connectivity index (χ1v) is 12.1.